The van der Waals surface area contributed by atoms with Crippen LogP contribution < -0.4 is 10.1 Å². The van der Waals surface area contributed by atoms with Gasteiger partial charge in [0.15, 0.2) is 0 Å². The maximum atomic E-state index is 11.7. The molecule has 98 valence electrons. The number of aromatic nitrogens is 2. The Morgan fingerprint density at radius 3 is 3.00 bits per heavy atom. The predicted molar refractivity (Wildman–Crippen MR) is 75.3 cm³/mol. The second kappa shape index (κ2) is 6.10. The Balaban J connectivity index is 2.09. The lowest BCUT2D eigenvalue weighted by Crippen LogP contribution is -2.07. The molecule has 1 amide bonds. The summed E-state index contributed by atoms with van der Waals surface area (Å²) in [6.45, 7) is 1.98. The molecule has 0 fully saturated rings. The van der Waals surface area contributed by atoms with E-state index in [9.17, 15) is 4.79 Å². The molecule has 0 atom stereocenters. The van der Waals surface area contributed by atoms with E-state index in [4.69, 9.17) is 4.74 Å². The summed E-state index contributed by atoms with van der Waals surface area (Å²) >= 11 is 1.27. The van der Waals surface area contributed by atoms with Crippen molar-refractivity contribution in [3.05, 3.63) is 40.9 Å². The molecule has 0 aliphatic heterocycles. The van der Waals surface area contributed by atoms with Crippen LogP contribution in [0.5, 0.6) is 5.75 Å². The Kier molecular flexibility index (Phi) is 4.25. The number of nitrogens with one attached hydrogen (secondary N) is 1. The number of carbonyl (C=O) groups excluding carboxylic acids is 1. The number of rotatable bonds is 4. The zero-order valence-electron chi connectivity index (χ0n) is 10.6. The number of carbonyl (C=O) groups is 1. The van der Waals surface area contributed by atoms with Crippen molar-refractivity contribution >= 4 is 28.5 Å². The van der Waals surface area contributed by atoms with Crippen LogP contribution in [0.15, 0.2) is 29.8 Å². The zero-order valence-corrected chi connectivity index (χ0v) is 11.4. The summed E-state index contributed by atoms with van der Waals surface area (Å²) in [5, 5.41) is 10.5. The minimum absolute atomic E-state index is 0.250. The maximum Gasteiger partial charge on any atom is 0.250 e. The van der Waals surface area contributed by atoms with Crippen LogP contribution in [0, 0.1) is 6.92 Å². The molecular formula is C13H13N3O2S. The van der Waals surface area contributed by atoms with Gasteiger partial charge in [-0.1, -0.05) is 23.0 Å². The van der Waals surface area contributed by atoms with Crippen molar-refractivity contribution in [3.63, 3.8) is 0 Å². The molecule has 19 heavy (non-hydrogen) atoms. The van der Waals surface area contributed by atoms with Gasteiger partial charge in [-0.3, -0.25) is 10.1 Å². The Hall–Kier alpha value is -2.21. The Morgan fingerprint density at radius 2 is 2.32 bits per heavy atom. The van der Waals surface area contributed by atoms with Crippen LogP contribution in [0.25, 0.3) is 6.08 Å². The summed E-state index contributed by atoms with van der Waals surface area (Å²) < 4.78 is 5.24. The molecule has 2 aromatic rings. The molecule has 0 bridgehead atoms. The highest BCUT2D eigenvalue weighted by Crippen LogP contribution is 2.21. The summed E-state index contributed by atoms with van der Waals surface area (Å²) in [5.41, 5.74) is 3.52. The van der Waals surface area contributed by atoms with Crippen LogP contribution in [0.4, 0.5) is 5.13 Å². The van der Waals surface area contributed by atoms with E-state index in [1.54, 1.807) is 18.7 Å². The van der Waals surface area contributed by atoms with Gasteiger partial charge in [0, 0.05) is 11.6 Å². The molecule has 2 rings (SSSR count). The van der Waals surface area contributed by atoms with E-state index in [0.29, 0.717) is 5.13 Å². The summed E-state index contributed by atoms with van der Waals surface area (Å²) in [6, 6.07) is 5.78. The number of anilines is 1. The first-order valence-electron chi connectivity index (χ1n) is 5.59. The number of hydrogen-bond acceptors (Lipinski definition) is 5. The number of benzene rings is 1. The minimum atomic E-state index is -0.250. The fourth-order valence-electron chi connectivity index (χ4n) is 1.52. The number of ether oxygens (including phenoxy) is 1. The fourth-order valence-corrected chi connectivity index (χ4v) is 1.97. The van der Waals surface area contributed by atoms with Crippen LogP contribution in [0.2, 0.25) is 0 Å². The molecule has 1 heterocycles. The van der Waals surface area contributed by atoms with Gasteiger partial charge in [0.05, 0.1) is 7.11 Å². The van der Waals surface area contributed by atoms with Crippen molar-refractivity contribution in [2.45, 2.75) is 6.92 Å². The van der Waals surface area contributed by atoms with Crippen LogP contribution in [-0.4, -0.2) is 23.2 Å². The molecule has 0 saturated heterocycles. The Bertz CT molecular complexity index is 594. The van der Waals surface area contributed by atoms with E-state index >= 15 is 0 Å². The van der Waals surface area contributed by atoms with E-state index < -0.39 is 0 Å². The minimum Gasteiger partial charge on any atom is -0.496 e. The van der Waals surface area contributed by atoms with Gasteiger partial charge in [0.2, 0.25) is 11.0 Å². The third-order valence-electron chi connectivity index (χ3n) is 2.39. The lowest BCUT2D eigenvalue weighted by atomic mass is 10.1. The molecule has 0 radical (unpaired) electrons. The molecule has 0 aliphatic carbocycles. The first kappa shape index (κ1) is 13.2. The highest BCUT2D eigenvalue weighted by Gasteiger charge is 2.03. The quantitative estimate of drug-likeness (QED) is 0.871. The van der Waals surface area contributed by atoms with E-state index in [1.807, 2.05) is 25.1 Å². The molecule has 5 nitrogen and oxygen atoms in total. The predicted octanol–water partition coefficient (Wildman–Crippen LogP) is 2.51. The van der Waals surface area contributed by atoms with Crippen LogP contribution in [0.3, 0.4) is 0 Å². The highest BCUT2D eigenvalue weighted by atomic mass is 32.1. The summed E-state index contributed by atoms with van der Waals surface area (Å²) in [7, 11) is 1.60. The average molecular weight is 275 g/mol. The van der Waals surface area contributed by atoms with Gasteiger partial charge < -0.3 is 4.74 Å². The van der Waals surface area contributed by atoms with Gasteiger partial charge >= 0.3 is 0 Å². The highest BCUT2D eigenvalue weighted by molar-refractivity contribution is 7.13. The molecule has 0 aliphatic rings. The van der Waals surface area contributed by atoms with Crippen LogP contribution in [-0.2, 0) is 4.79 Å². The lowest BCUT2D eigenvalue weighted by Gasteiger charge is -2.05. The van der Waals surface area contributed by atoms with E-state index in [2.05, 4.69) is 15.5 Å². The van der Waals surface area contributed by atoms with Crippen molar-refractivity contribution < 1.29 is 9.53 Å². The normalized spacial score (nSPS) is 10.6. The monoisotopic (exact) mass is 275 g/mol. The number of nitrogens with zero attached hydrogens (tertiary/aromatic N) is 2. The van der Waals surface area contributed by atoms with Gasteiger partial charge in [-0.25, -0.2) is 0 Å². The van der Waals surface area contributed by atoms with Gasteiger partial charge in [-0.05, 0) is 25.1 Å². The SMILES string of the molecule is COc1ccc(C)cc1/C=C/C(=O)Nc1nncs1. The van der Waals surface area contributed by atoms with Gasteiger partial charge in [-0.2, -0.15) is 0 Å². The van der Waals surface area contributed by atoms with E-state index in [0.717, 1.165) is 16.9 Å². The molecule has 0 spiro atoms. The lowest BCUT2D eigenvalue weighted by molar-refractivity contribution is -0.111. The average Bonchev–Trinajstić information content (AvgIpc) is 2.89. The Labute approximate surface area is 114 Å². The van der Waals surface area contributed by atoms with E-state index in [1.165, 1.54) is 17.4 Å². The number of hydrogen-bond donors (Lipinski definition) is 1. The van der Waals surface area contributed by atoms with Crippen molar-refractivity contribution in [2.75, 3.05) is 12.4 Å². The Morgan fingerprint density at radius 1 is 1.47 bits per heavy atom. The number of amides is 1. The topological polar surface area (TPSA) is 64.1 Å². The summed E-state index contributed by atoms with van der Waals surface area (Å²) in [5.74, 6) is 0.478. The largest absolute Gasteiger partial charge is 0.496 e. The molecule has 0 saturated carbocycles. The molecule has 1 aromatic carbocycles. The molecule has 1 N–H and O–H groups in total. The smallest absolute Gasteiger partial charge is 0.250 e. The molecular weight excluding hydrogens is 262 g/mol. The zero-order chi connectivity index (χ0) is 13.7. The fraction of sp³-hybridized carbons (Fsp3) is 0.154. The maximum absolute atomic E-state index is 11.7. The van der Waals surface area contributed by atoms with Crippen molar-refractivity contribution in [1.82, 2.24) is 10.2 Å². The standard InChI is InChI=1S/C13H13N3O2S/c1-9-3-5-11(18-2)10(7-9)4-6-12(17)15-13-16-14-8-19-13/h3-8H,1-2H3,(H,15,16,17)/b6-4+. The molecule has 0 unspecified atom stereocenters. The molecule has 6 heteroatoms. The van der Waals surface area contributed by atoms with Crippen molar-refractivity contribution in [2.24, 2.45) is 0 Å². The summed E-state index contributed by atoms with van der Waals surface area (Å²) in [4.78, 5) is 11.7. The van der Waals surface area contributed by atoms with Gasteiger partial charge in [-0.15, -0.1) is 10.2 Å². The van der Waals surface area contributed by atoms with E-state index in [-0.39, 0.29) is 5.91 Å². The van der Waals surface area contributed by atoms with Crippen molar-refractivity contribution in [1.29, 1.82) is 0 Å². The second-order valence-electron chi connectivity index (χ2n) is 3.81. The van der Waals surface area contributed by atoms with Crippen molar-refractivity contribution in [3.8, 4) is 5.75 Å². The first-order chi connectivity index (χ1) is 9.19. The third kappa shape index (κ3) is 3.62. The van der Waals surface area contributed by atoms with Gasteiger partial charge in [0.25, 0.3) is 0 Å². The third-order valence-corrected chi connectivity index (χ3v) is 3.00. The first-order valence-corrected chi connectivity index (χ1v) is 6.47. The van der Waals surface area contributed by atoms with Crippen LogP contribution in [0.1, 0.15) is 11.1 Å². The summed E-state index contributed by atoms with van der Waals surface area (Å²) in [6.07, 6.45) is 3.15. The van der Waals surface area contributed by atoms with Crippen LogP contribution >= 0.6 is 11.3 Å². The second-order valence-corrected chi connectivity index (χ2v) is 4.65. The molecule has 1 aromatic heterocycles. The number of methoxy groups -OCH3 is 1. The van der Waals surface area contributed by atoms with Gasteiger partial charge in [0.1, 0.15) is 11.3 Å². The number of aryl methyl sites for hydroxylation is 1.